The number of benzene rings is 2. The van der Waals surface area contributed by atoms with E-state index >= 15 is 0 Å². The monoisotopic (exact) mass is 434 g/mol. The highest BCUT2D eigenvalue weighted by Gasteiger charge is 2.93. The van der Waals surface area contributed by atoms with Gasteiger partial charge in [-0.05, 0) is 34.7 Å². The predicted octanol–water partition coefficient (Wildman–Crippen LogP) is 1.27. The molecule has 2 aromatic carbocycles. The van der Waals surface area contributed by atoms with E-state index in [9.17, 15) is 30.6 Å². The van der Waals surface area contributed by atoms with Crippen molar-refractivity contribution in [3.05, 3.63) is 70.2 Å². The number of fused-ring (bicyclic) bond motifs is 1. The molecule has 7 atom stereocenters. The summed E-state index contributed by atoms with van der Waals surface area (Å²) in [6.07, 6.45) is -3.13. The van der Waals surface area contributed by atoms with Crippen LogP contribution in [0.1, 0.15) is 48.3 Å². The minimum atomic E-state index is -2.28. The van der Waals surface area contributed by atoms with E-state index in [-0.39, 0.29) is 5.92 Å². The van der Waals surface area contributed by atoms with E-state index in [4.69, 9.17) is 11.6 Å². The molecule has 4 rings (SSSR count). The first kappa shape index (κ1) is 21.7. The largest absolute Gasteiger partial charge is 0.394 e. The van der Waals surface area contributed by atoms with Crippen LogP contribution >= 0.6 is 11.6 Å². The van der Waals surface area contributed by atoms with Crippen molar-refractivity contribution in [2.24, 2.45) is 0 Å². The maximum Gasteiger partial charge on any atom is 0.138 e. The lowest BCUT2D eigenvalue weighted by Gasteiger charge is -2.80. The Bertz CT molecular complexity index is 932. The summed E-state index contributed by atoms with van der Waals surface area (Å²) in [5, 5.41) is 65.9. The molecule has 2 fully saturated rings. The zero-order valence-corrected chi connectivity index (χ0v) is 17.5. The van der Waals surface area contributed by atoms with Crippen LogP contribution in [0.25, 0.3) is 0 Å². The fourth-order valence-corrected chi connectivity index (χ4v) is 5.69. The summed E-state index contributed by atoms with van der Waals surface area (Å²) in [7, 11) is 0. The zero-order valence-electron chi connectivity index (χ0n) is 16.8. The molecular weight excluding hydrogens is 408 g/mol. The summed E-state index contributed by atoms with van der Waals surface area (Å²) in [5.74, 6) is -2.00. The summed E-state index contributed by atoms with van der Waals surface area (Å²) in [4.78, 5) is 0. The summed E-state index contributed by atoms with van der Waals surface area (Å²) >= 11 is 5.93. The van der Waals surface area contributed by atoms with Crippen LogP contribution in [0.15, 0.2) is 48.5 Å². The lowest BCUT2D eigenvalue weighted by atomic mass is 9.30. The fraction of sp³-hybridized carbons (Fsp3) is 0.478. The highest BCUT2D eigenvalue weighted by atomic mass is 35.5. The number of hydrogen-bond donors (Lipinski definition) is 6. The average Bonchev–Trinajstić information content (AvgIpc) is 2.74. The van der Waals surface area contributed by atoms with Gasteiger partial charge in [-0.25, -0.2) is 0 Å². The molecule has 0 aliphatic heterocycles. The van der Waals surface area contributed by atoms with Gasteiger partial charge >= 0.3 is 0 Å². The maximum absolute atomic E-state index is 11.5. The first-order valence-corrected chi connectivity index (χ1v) is 10.4. The molecule has 0 amide bonds. The van der Waals surface area contributed by atoms with Crippen molar-refractivity contribution >= 4 is 11.6 Å². The quantitative estimate of drug-likeness (QED) is 0.421. The molecule has 0 heterocycles. The van der Waals surface area contributed by atoms with Crippen LogP contribution in [0.2, 0.25) is 5.02 Å². The highest BCUT2D eigenvalue weighted by Crippen LogP contribution is 2.75. The highest BCUT2D eigenvalue weighted by molar-refractivity contribution is 6.30. The molecular formula is C23H27ClO6. The molecule has 2 aromatic rings. The topological polar surface area (TPSA) is 121 Å². The SMILES string of the molecule is CC(C)c1ccc(C2[C@]3(O)C(O)C(c4ccc(Cl)cc4)[C@]3(O)[C@]2(O)[C@H](O)CO)cc1. The second-order valence-electron chi connectivity index (χ2n) is 8.84. The third kappa shape index (κ3) is 2.41. The van der Waals surface area contributed by atoms with E-state index in [1.165, 1.54) is 0 Å². The van der Waals surface area contributed by atoms with Gasteiger partial charge < -0.3 is 30.6 Å². The van der Waals surface area contributed by atoms with Gasteiger partial charge in [0.25, 0.3) is 0 Å². The molecule has 0 aromatic heterocycles. The van der Waals surface area contributed by atoms with Crippen LogP contribution in [-0.4, -0.2) is 66.3 Å². The molecule has 6 nitrogen and oxygen atoms in total. The lowest BCUT2D eigenvalue weighted by molar-refractivity contribution is -0.459. The Labute approximate surface area is 180 Å². The van der Waals surface area contributed by atoms with E-state index in [1.807, 2.05) is 26.0 Å². The van der Waals surface area contributed by atoms with Crippen molar-refractivity contribution in [1.82, 2.24) is 0 Å². The van der Waals surface area contributed by atoms with Gasteiger partial charge in [0.15, 0.2) is 0 Å². The second kappa shape index (κ2) is 7.00. The Balaban J connectivity index is 1.81. The van der Waals surface area contributed by atoms with Crippen LogP contribution in [0, 0.1) is 0 Å². The molecule has 6 N–H and O–H groups in total. The minimum Gasteiger partial charge on any atom is -0.394 e. The number of halogens is 1. The second-order valence-corrected chi connectivity index (χ2v) is 9.28. The summed E-state index contributed by atoms with van der Waals surface area (Å²) in [6.45, 7) is 3.24. The molecule has 0 saturated heterocycles. The standard InChI is InChI=1S/C23H27ClO6/c1-12(2)13-3-5-15(6-4-13)19-21(28,17(26)11-25)23(30)18(20(27)22(19,23)29)14-7-9-16(24)10-8-14/h3-10,12,17-20,25-30H,11H2,1-2H3/t17-,18?,19?,20?,21+,22+,23+/m1/s1. The van der Waals surface area contributed by atoms with Crippen LogP contribution in [0.4, 0.5) is 0 Å². The third-order valence-electron chi connectivity index (χ3n) is 7.16. The van der Waals surface area contributed by atoms with E-state index in [1.54, 1.807) is 36.4 Å². The van der Waals surface area contributed by atoms with Crippen molar-refractivity contribution in [2.45, 2.75) is 60.6 Å². The maximum atomic E-state index is 11.5. The van der Waals surface area contributed by atoms with Gasteiger partial charge in [-0.15, -0.1) is 0 Å². The summed E-state index contributed by atoms with van der Waals surface area (Å²) < 4.78 is 0. The number of aliphatic hydroxyl groups excluding tert-OH is 3. The average molecular weight is 435 g/mol. The van der Waals surface area contributed by atoms with Crippen molar-refractivity contribution < 1.29 is 30.6 Å². The Kier molecular flexibility index (Phi) is 5.07. The first-order valence-electron chi connectivity index (χ1n) is 10.0. The fourth-order valence-electron chi connectivity index (χ4n) is 5.56. The Hall–Kier alpha value is -1.51. The Morgan fingerprint density at radius 2 is 1.47 bits per heavy atom. The van der Waals surface area contributed by atoms with Crippen LogP contribution in [0.3, 0.4) is 0 Å². The molecule has 0 bridgehead atoms. The van der Waals surface area contributed by atoms with Crippen LogP contribution < -0.4 is 0 Å². The van der Waals surface area contributed by atoms with Gasteiger partial charge in [0.05, 0.1) is 18.6 Å². The Morgan fingerprint density at radius 1 is 0.933 bits per heavy atom. The van der Waals surface area contributed by atoms with E-state index in [2.05, 4.69) is 0 Å². The van der Waals surface area contributed by atoms with E-state index < -0.39 is 47.5 Å². The van der Waals surface area contributed by atoms with E-state index in [0.717, 1.165) is 5.56 Å². The number of rotatable bonds is 5. The predicted molar refractivity (Wildman–Crippen MR) is 111 cm³/mol. The van der Waals surface area contributed by atoms with E-state index in [0.29, 0.717) is 16.1 Å². The van der Waals surface area contributed by atoms with Gasteiger partial charge in [-0.3, -0.25) is 0 Å². The number of hydrogen-bond acceptors (Lipinski definition) is 6. The minimum absolute atomic E-state index is 0.269. The van der Waals surface area contributed by atoms with Crippen LogP contribution in [-0.2, 0) is 0 Å². The first-order chi connectivity index (χ1) is 14.0. The third-order valence-corrected chi connectivity index (χ3v) is 7.42. The molecule has 162 valence electrons. The smallest absolute Gasteiger partial charge is 0.138 e. The van der Waals surface area contributed by atoms with Gasteiger partial charge in [0.2, 0.25) is 0 Å². The van der Waals surface area contributed by atoms with Crippen LogP contribution in [0.5, 0.6) is 0 Å². The van der Waals surface area contributed by atoms with Crippen molar-refractivity contribution in [2.75, 3.05) is 6.61 Å². The molecule has 0 radical (unpaired) electrons. The normalized spacial score (nSPS) is 38.5. The molecule has 0 spiro atoms. The summed E-state index contributed by atoms with van der Waals surface area (Å²) in [5.41, 5.74) is -4.69. The zero-order chi connectivity index (χ0) is 22.1. The lowest BCUT2D eigenvalue weighted by Crippen LogP contribution is -2.99. The Morgan fingerprint density at radius 3 is 1.97 bits per heavy atom. The summed E-state index contributed by atoms with van der Waals surface area (Å²) in [6, 6.07) is 13.4. The van der Waals surface area contributed by atoms with Gasteiger partial charge in [-0.1, -0.05) is 61.8 Å². The van der Waals surface area contributed by atoms with Crippen molar-refractivity contribution in [3.8, 4) is 0 Å². The molecule has 30 heavy (non-hydrogen) atoms. The molecule has 2 aliphatic carbocycles. The van der Waals surface area contributed by atoms with Gasteiger partial charge in [-0.2, -0.15) is 0 Å². The molecule has 2 saturated carbocycles. The molecule has 2 aliphatic rings. The van der Waals surface area contributed by atoms with Crippen molar-refractivity contribution in [1.29, 1.82) is 0 Å². The van der Waals surface area contributed by atoms with Crippen molar-refractivity contribution in [3.63, 3.8) is 0 Å². The van der Waals surface area contributed by atoms with Gasteiger partial charge in [0.1, 0.15) is 22.9 Å². The number of aliphatic hydroxyl groups is 6. The molecule has 3 unspecified atom stereocenters. The molecule has 7 heteroatoms. The van der Waals surface area contributed by atoms with Gasteiger partial charge in [0, 0.05) is 10.9 Å².